The summed E-state index contributed by atoms with van der Waals surface area (Å²) in [6, 6.07) is 12.0. The predicted octanol–water partition coefficient (Wildman–Crippen LogP) is 4.22. The molecule has 1 heterocycles. The molecule has 0 amide bonds. The molecule has 1 atom stereocenters. The van der Waals surface area contributed by atoms with Gasteiger partial charge in [0.15, 0.2) is 0 Å². The van der Waals surface area contributed by atoms with Crippen molar-refractivity contribution in [2.75, 3.05) is 5.88 Å². The zero-order chi connectivity index (χ0) is 13.0. The number of pyridine rings is 1. The maximum absolute atomic E-state index is 9.19. The van der Waals surface area contributed by atoms with Crippen LogP contribution < -0.4 is 0 Å². The van der Waals surface area contributed by atoms with Crippen molar-refractivity contribution in [1.82, 2.24) is 4.98 Å². The molecule has 2 nitrogen and oxygen atoms in total. The summed E-state index contributed by atoms with van der Waals surface area (Å²) in [5, 5.41) is 11.4. The molecule has 2 rings (SSSR count). The Labute approximate surface area is 116 Å². The van der Waals surface area contributed by atoms with Gasteiger partial charge in [-0.1, -0.05) is 25.1 Å². The van der Waals surface area contributed by atoms with E-state index in [0.717, 1.165) is 22.3 Å². The van der Waals surface area contributed by atoms with Crippen LogP contribution in [-0.2, 0) is 0 Å². The molecule has 0 radical (unpaired) electrons. The molecule has 18 heavy (non-hydrogen) atoms. The van der Waals surface area contributed by atoms with E-state index in [4.69, 9.17) is 11.6 Å². The van der Waals surface area contributed by atoms with E-state index in [1.54, 1.807) is 11.8 Å². The summed E-state index contributed by atoms with van der Waals surface area (Å²) in [4.78, 5) is 4.57. The van der Waals surface area contributed by atoms with Crippen LogP contribution in [0.25, 0.3) is 10.9 Å². The van der Waals surface area contributed by atoms with Crippen molar-refractivity contribution in [3.63, 3.8) is 0 Å². The SMILES string of the molecule is CC(CCCl)Sc1nc2ccccc2cc1C#N. The molecule has 0 spiro atoms. The number of alkyl halides is 1. The van der Waals surface area contributed by atoms with E-state index in [1.807, 2.05) is 30.3 Å². The topological polar surface area (TPSA) is 36.7 Å². The highest BCUT2D eigenvalue weighted by molar-refractivity contribution is 7.99. The second kappa shape index (κ2) is 6.08. The highest BCUT2D eigenvalue weighted by Gasteiger charge is 2.11. The van der Waals surface area contributed by atoms with E-state index in [9.17, 15) is 5.26 Å². The number of halogens is 1. The van der Waals surface area contributed by atoms with Crippen molar-refractivity contribution in [2.45, 2.75) is 23.6 Å². The van der Waals surface area contributed by atoms with Crippen LogP contribution in [0.2, 0.25) is 0 Å². The minimum atomic E-state index is 0.364. The average molecular weight is 277 g/mol. The highest BCUT2D eigenvalue weighted by Crippen LogP contribution is 2.29. The van der Waals surface area contributed by atoms with E-state index < -0.39 is 0 Å². The van der Waals surface area contributed by atoms with Crippen molar-refractivity contribution >= 4 is 34.3 Å². The van der Waals surface area contributed by atoms with Gasteiger partial charge in [-0.25, -0.2) is 4.98 Å². The number of nitriles is 1. The van der Waals surface area contributed by atoms with Crippen LogP contribution in [0.3, 0.4) is 0 Å². The molecule has 1 unspecified atom stereocenters. The number of fused-ring (bicyclic) bond motifs is 1. The lowest BCUT2D eigenvalue weighted by Gasteiger charge is -2.10. The van der Waals surface area contributed by atoms with Crippen LogP contribution in [0.15, 0.2) is 35.4 Å². The molecule has 2 aromatic rings. The summed E-state index contributed by atoms with van der Waals surface area (Å²) < 4.78 is 0. The van der Waals surface area contributed by atoms with Gasteiger partial charge in [0.1, 0.15) is 11.1 Å². The Hall–Kier alpha value is -1.24. The highest BCUT2D eigenvalue weighted by atomic mass is 35.5. The summed E-state index contributed by atoms with van der Waals surface area (Å²) in [5.41, 5.74) is 1.57. The molecule has 0 bridgehead atoms. The molecular weight excluding hydrogens is 264 g/mol. The molecule has 0 aliphatic rings. The van der Waals surface area contributed by atoms with Gasteiger partial charge in [0.25, 0.3) is 0 Å². The van der Waals surface area contributed by atoms with Crippen molar-refractivity contribution < 1.29 is 0 Å². The predicted molar refractivity (Wildman–Crippen MR) is 77.1 cm³/mol. The molecule has 0 aliphatic heterocycles. The van der Waals surface area contributed by atoms with Gasteiger partial charge in [-0.3, -0.25) is 0 Å². The first-order valence-corrected chi connectivity index (χ1v) is 7.18. The minimum absolute atomic E-state index is 0.364. The second-order valence-electron chi connectivity index (χ2n) is 4.05. The number of thioether (sulfide) groups is 1. The molecule has 0 saturated heterocycles. The number of hydrogen-bond acceptors (Lipinski definition) is 3. The van der Waals surface area contributed by atoms with Gasteiger partial charge in [0.2, 0.25) is 0 Å². The van der Waals surface area contributed by atoms with E-state index in [-0.39, 0.29) is 0 Å². The maximum atomic E-state index is 9.19. The van der Waals surface area contributed by atoms with Crippen LogP contribution in [0.5, 0.6) is 0 Å². The first-order chi connectivity index (χ1) is 8.74. The quantitative estimate of drug-likeness (QED) is 0.620. The summed E-state index contributed by atoms with van der Waals surface area (Å²) in [6.45, 7) is 2.10. The third kappa shape index (κ3) is 2.95. The number of nitrogens with zero attached hydrogens (tertiary/aromatic N) is 2. The lowest BCUT2D eigenvalue weighted by molar-refractivity contribution is 0.908. The first-order valence-electron chi connectivity index (χ1n) is 5.77. The van der Waals surface area contributed by atoms with E-state index in [1.165, 1.54) is 0 Å². The van der Waals surface area contributed by atoms with Crippen LogP contribution in [0.4, 0.5) is 0 Å². The normalized spacial score (nSPS) is 12.3. The molecule has 1 aromatic heterocycles. The summed E-state index contributed by atoms with van der Waals surface area (Å²) in [7, 11) is 0. The Morgan fingerprint density at radius 1 is 1.44 bits per heavy atom. The van der Waals surface area contributed by atoms with E-state index in [2.05, 4.69) is 18.0 Å². The van der Waals surface area contributed by atoms with Gasteiger partial charge in [0.05, 0.1) is 11.1 Å². The molecule has 4 heteroatoms. The molecule has 92 valence electrons. The average Bonchev–Trinajstić information content (AvgIpc) is 2.38. The van der Waals surface area contributed by atoms with Gasteiger partial charge >= 0.3 is 0 Å². The van der Waals surface area contributed by atoms with E-state index >= 15 is 0 Å². The zero-order valence-corrected chi connectivity index (χ0v) is 11.6. The fourth-order valence-corrected chi connectivity index (χ4v) is 3.13. The smallest absolute Gasteiger partial charge is 0.115 e. The number of aromatic nitrogens is 1. The van der Waals surface area contributed by atoms with Gasteiger partial charge in [-0.15, -0.1) is 23.4 Å². The molecule has 0 aliphatic carbocycles. The Bertz CT molecular complexity index is 592. The lowest BCUT2D eigenvalue weighted by atomic mass is 10.2. The van der Waals surface area contributed by atoms with Crippen molar-refractivity contribution in [3.05, 3.63) is 35.9 Å². The fraction of sp³-hybridized carbons (Fsp3) is 0.286. The first kappa shape index (κ1) is 13.2. The number of hydrogen-bond donors (Lipinski definition) is 0. The second-order valence-corrected chi connectivity index (χ2v) is 5.86. The number of para-hydroxylation sites is 1. The van der Waals surface area contributed by atoms with Gasteiger partial charge < -0.3 is 0 Å². The Balaban J connectivity index is 2.39. The number of benzene rings is 1. The zero-order valence-electron chi connectivity index (χ0n) is 10.1. The largest absolute Gasteiger partial charge is 0.240 e. The Kier molecular flexibility index (Phi) is 4.46. The molecule has 0 fully saturated rings. The fourth-order valence-electron chi connectivity index (χ4n) is 1.67. The van der Waals surface area contributed by atoms with Crippen LogP contribution in [0.1, 0.15) is 18.9 Å². The summed E-state index contributed by atoms with van der Waals surface area (Å²) >= 11 is 7.35. The maximum Gasteiger partial charge on any atom is 0.115 e. The number of rotatable bonds is 4. The standard InChI is InChI=1S/C14H13ClN2S/c1-10(6-7-15)18-14-12(9-16)8-11-4-2-3-5-13(11)17-14/h2-5,8,10H,6-7H2,1H3. The molecule has 0 saturated carbocycles. The van der Waals surface area contributed by atoms with Crippen molar-refractivity contribution in [3.8, 4) is 6.07 Å². The van der Waals surface area contributed by atoms with Gasteiger partial charge in [-0.05, 0) is 18.6 Å². The van der Waals surface area contributed by atoms with E-state index in [0.29, 0.717) is 16.7 Å². The van der Waals surface area contributed by atoms with Gasteiger partial charge in [0, 0.05) is 16.5 Å². The summed E-state index contributed by atoms with van der Waals surface area (Å²) in [5.74, 6) is 0.629. The van der Waals surface area contributed by atoms with Gasteiger partial charge in [-0.2, -0.15) is 5.26 Å². The Morgan fingerprint density at radius 2 is 2.22 bits per heavy atom. The third-order valence-electron chi connectivity index (χ3n) is 2.64. The van der Waals surface area contributed by atoms with Crippen LogP contribution in [0, 0.1) is 11.3 Å². The molecular formula is C14H13ClN2S. The minimum Gasteiger partial charge on any atom is -0.240 e. The molecule has 0 N–H and O–H groups in total. The molecule has 1 aromatic carbocycles. The van der Waals surface area contributed by atoms with Crippen molar-refractivity contribution in [1.29, 1.82) is 5.26 Å². The monoisotopic (exact) mass is 276 g/mol. The van der Waals surface area contributed by atoms with Crippen LogP contribution in [-0.4, -0.2) is 16.1 Å². The third-order valence-corrected chi connectivity index (χ3v) is 4.03. The van der Waals surface area contributed by atoms with Crippen molar-refractivity contribution in [2.24, 2.45) is 0 Å². The van der Waals surface area contributed by atoms with Crippen LogP contribution >= 0.6 is 23.4 Å². The lowest BCUT2D eigenvalue weighted by Crippen LogP contribution is -1.99. The summed E-state index contributed by atoms with van der Waals surface area (Å²) in [6.07, 6.45) is 0.908. The Morgan fingerprint density at radius 3 is 2.94 bits per heavy atom.